The third-order valence-electron chi connectivity index (χ3n) is 2.65. The summed E-state index contributed by atoms with van der Waals surface area (Å²) in [4.78, 5) is 36.5. The van der Waals surface area contributed by atoms with Gasteiger partial charge in [-0.25, -0.2) is 0 Å². The number of carbonyl (C=O) groups is 2. The Bertz CT molecular complexity index is 507. The van der Waals surface area contributed by atoms with Crippen LogP contribution in [-0.2, 0) is 4.79 Å². The van der Waals surface area contributed by atoms with Crippen molar-refractivity contribution in [3.63, 3.8) is 0 Å². The highest BCUT2D eigenvalue weighted by Crippen LogP contribution is 2.01. The number of hydrogen-bond donors (Lipinski definition) is 3. The maximum atomic E-state index is 11.7. The van der Waals surface area contributed by atoms with Gasteiger partial charge in [0, 0.05) is 12.2 Å². The Kier molecular flexibility index (Phi) is 4.65. The van der Waals surface area contributed by atoms with Gasteiger partial charge in [-0.05, 0) is 25.5 Å². The Labute approximate surface area is 104 Å². The van der Waals surface area contributed by atoms with Gasteiger partial charge in [0.15, 0.2) is 0 Å². The lowest BCUT2D eigenvalue weighted by Crippen LogP contribution is -2.35. The second-order valence-corrected chi connectivity index (χ2v) is 4.04. The van der Waals surface area contributed by atoms with E-state index < -0.39 is 23.4 Å². The smallest absolute Gasteiger partial charge is 0.308 e. The molecule has 18 heavy (non-hydrogen) atoms. The van der Waals surface area contributed by atoms with Gasteiger partial charge in [-0.3, -0.25) is 14.4 Å². The number of carbonyl (C=O) groups excluding carboxylic acids is 1. The largest absolute Gasteiger partial charge is 0.481 e. The van der Waals surface area contributed by atoms with Gasteiger partial charge in [0.2, 0.25) is 0 Å². The van der Waals surface area contributed by atoms with Gasteiger partial charge in [-0.15, -0.1) is 0 Å². The summed E-state index contributed by atoms with van der Waals surface area (Å²) in [6, 6.07) is 3.04. The average molecular weight is 252 g/mol. The Balaban J connectivity index is 2.71. The predicted molar refractivity (Wildman–Crippen MR) is 65.5 cm³/mol. The average Bonchev–Trinajstić information content (AvgIpc) is 2.28. The van der Waals surface area contributed by atoms with E-state index >= 15 is 0 Å². The number of rotatable bonds is 5. The molecule has 0 bridgehead atoms. The lowest BCUT2D eigenvalue weighted by atomic mass is 10.1. The van der Waals surface area contributed by atoms with Crippen molar-refractivity contribution in [1.82, 2.24) is 10.3 Å². The second-order valence-electron chi connectivity index (χ2n) is 4.04. The topological polar surface area (TPSA) is 99.3 Å². The molecule has 0 aromatic carbocycles. The zero-order valence-electron chi connectivity index (χ0n) is 10.3. The van der Waals surface area contributed by atoms with Crippen LogP contribution in [0.15, 0.2) is 16.9 Å². The predicted octanol–water partition coefficient (Wildman–Crippen LogP) is 0.524. The fourth-order valence-electron chi connectivity index (χ4n) is 1.47. The highest BCUT2D eigenvalue weighted by Gasteiger charge is 2.17. The quantitative estimate of drug-likeness (QED) is 0.711. The SMILES string of the molecule is CCC(CNC(=O)c1ccc(C)[nH]c1=O)C(=O)O. The summed E-state index contributed by atoms with van der Waals surface area (Å²) in [6.07, 6.45) is 0.417. The molecule has 1 rings (SSSR count). The van der Waals surface area contributed by atoms with Gasteiger partial charge in [0.25, 0.3) is 11.5 Å². The lowest BCUT2D eigenvalue weighted by molar-refractivity contribution is -0.141. The van der Waals surface area contributed by atoms with Crippen molar-refractivity contribution >= 4 is 11.9 Å². The highest BCUT2D eigenvalue weighted by atomic mass is 16.4. The van der Waals surface area contributed by atoms with Crippen LogP contribution in [0.1, 0.15) is 29.4 Å². The van der Waals surface area contributed by atoms with Crippen LogP contribution < -0.4 is 10.9 Å². The third kappa shape index (κ3) is 3.44. The minimum Gasteiger partial charge on any atom is -0.481 e. The molecule has 0 spiro atoms. The third-order valence-corrected chi connectivity index (χ3v) is 2.65. The number of aliphatic carboxylic acids is 1. The molecule has 0 aliphatic rings. The van der Waals surface area contributed by atoms with E-state index in [1.54, 1.807) is 19.9 Å². The molecular weight excluding hydrogens is 236 g/mol. The Morgan fingerprint density at radius 3 is 2.61 bits per heavy atom. The summed E-state index contributed by atoms with van der Waals surface area (Å²) in [6.45, 7) is 3.45. The minimum absolute atomic E-state index is 0.0119. The normalized spacial score (nSPS) is 11.9. The van der Waals surface area contributed by atoms with Crippen LogP contribution in [0.25, 0.3) is 0 Å². The van der Waals surface area contributed by atoms with Gasteiger partial charge in [-0.2, -0.15) is 0 Å². The number of pyridine rings is 1. The lowest BCUT2D eigenvalue weighted by Gasteiger charge is -2.10. The van der Waals surface area contributed by atoms with E-state index in [1.165, 1.54) is 6.07 Å². The molecule has 0 radical (unpaired) electrons. The molecule has 1 unspecified atom stereocenters. The molecule has 0 aliphatic carbocycles. The molecule has 0 saturated carbocycles. The van der Waals surface area contributed by atoms with Crippen LogP contribution in [-0.4, -0.2) is 28.5 Å². The molecule has 0 saturated heterocycles. The number of hydrogen-bond acceptors (Lipinski definition) is 3. The second kappa shape index (κ2) is 6.00. The van der Waals surface area contributed by atoms with Crippen LogP contribution in [0.2, 0.25) is 0 Å². The molecule has 3 N–H and O–H groups in total. The maximum absolute atomic E-state index is 11.7. The standard InChI is InChI=1S/C12H16N2O4/c1-3-8(12(17)18)6-13-10(15)9-5-4-7(2)14-11(9)16/h4-5,8H,3,6H2,1-2H3,(H,13,15)(H,14,16)(H,17,18). The van der Waals surface area contributed by atoms with Crippen molar-refractivity contribution in [3.8, 4) is 0 Å². The van der Waals surface area contributed by atoms with E-state index in [0.717, 1.165) is 0 Å². The Hall–Kier alpha value is -2.11. The number of amides is 1. The van der Waals surface area contributed by atoms with E-state index in [-0.39, 0.29) is 12.1 Å². The summed E-state index contributed by atoms with van der Waals surface area (Å²) in [5.41, 5.74) is 0.172. The molecular formula is C12H16N2O4. The van der Waals surface area contributed by atoms with E-state index in [2.05, 4.69) is 10.3 Å². The molecule has 6 heteroatoms. The van der Waals surface area contributed by atoms with Gasteiger partial charge in [-0.1, -0.05) is 6.92 Å². The number of aromatic amines is 1. The van der Waals surface area contributed by atoms with Gasteiger partial charge < -0.3 is 15.4 Å². The van der Waals surface area contributed by atoms with Gasteiger partial charge >= 0.3 is 5.97 Å². The molecule has 1 heterocycles. The molecule has 98 valence electrons. The number of carboxylic acids is 1. The van der Waals surface area contributed by atoms with Crippen molar-refractivity contribution < 1.29 is 14.7 Å². The molecule has 6 nitrogen and oxygen atoms in total. The van der Waals surface area contributed by atoms with Crippen molar-refractivity contribution in [1.29, 1.82) is 0 Å². The Morgan fingerprint density at radius 2 is 2.11 bits per heavy atom. The first-order chi connectivity index (χ1) is 8.45. The first kappa shape index (κ1) is 14.0. The molecule has 1 atom stereocenters. The number of nitrogens with one attached hydrogen (secondary N) is 2. The van der Waals surface area contributed by atoms with Crippen molar-refractivity contribution in [3.05, 3.63) is 33.7 Å². The monoisotopic (exact) mass is 252 g/mol. The van der Waals surface area contributed by atoms with E-state index in [1.807, 2.05) is 0 Å². The highest BCUT2D eigenvalue weighted by molar-refractivity contribution is 5.94. The van der Waals surface area contributed by atoms with Crippen LogP contribution in [0, 0.1) is 12.8 Å². The van der Waals surface area contributed by atoms with E-state index in [4.69, 9.17) is 5.11 Å². The summed E-state index contributed by atoms with van der Waals surface area (Å²) < 4.78 is 0. The zero-order chi connectivity index (χ0) is 13.7. The summed E-state index contributed by atoms with van der Waals surface area (Å²) in [5, 5.41) is 11.3. The molecule has 1 aromatic heterocycles. The van der Waals surface area contributed by atoms with Crippen molar-refractivity contribution in [2.24, 2.45) is 5.92 Å². The molecule has 1 aromatic rings. The summed E-state index contributed by atoms with van der Waals surface area (Å²) >= 11 is 0. The summed E-state index contributed by atoms with van der Waals surface area (Å²) in [7, 11) is 0. The zero-order valence-corrected chi connectivity index (χ0v) is 10.3. The number of aryl methyl sites for hydroxylation is 1. The maximum Gasteiger partial charge on any atom is 0.308 e. The van der Waals surface area contributed by atoms with Crippen LogP contribution in [0.5, 0.6) is 0 Å². The number of aromatic nitrogens is 1. The number of H-pyrrole nitrogens is 1. The first-order valence-electron chi connectivity index (χ1n) is 5.66. The van der Waals surface area contributed by atoms with E-state index in [9.17, 15) is 14.4 Å². The Morgan fingerprint density at radius 1 is 1.44 bits per heavy atom. The van der Waals surface area contributed by atoms with Crippen molar-refractivity contribution in [2.45, 2.75) is 20.3 Å². The fraction of sp³-hybridized carbons (Fsp3) is 0.417. The molecule has 0 fully saturated rings. The van der Waals surface area contributed by atoms with Crippen LogP contribution in [0.4, 0.5) is 0 Å². The minimum atomic E-state index is -0.962. The molecule has 0 aliphatic heterocycles. The van der Waals surface area contributed by atoms with Gasteiger partial charge in [0.05, 0.1) is 5.92 Å². The summed E-state index contributed by atoms with van der Waals surface area (Å²) in [5.74, 6) is -2.16. The first-order valence-corrected chi connectivity index (χ1v) is 5.66. The molecule has 1 amide bonds. The van der Waals surface area contributed by atoms with Gasteiger partial charge in [0.1, 0.15) is 5.56 Å². The fourth-order valence-corrected chi connectivity index (χ4v) is 1.47. The van der Waals surface area contributed by atoms with E-state index in [0.29, 0.717) is 12.1 Å². The van der Waals surface area contributed by atoms with Crippen LogP contribution in [0.3, 0.4) is 0 Å². The van der Waals surface area contributed by atoms with Crippen molar-refractivity contribution in [2.75, 3.05) is 6.54 Å². The number of carboxylic acid groups (broad SMARTS) is 1. The van der Waals surface area contributed by atoms with Crippen LogP contribution >= 0.6 is 0 Å².